The summed E-state index contributed by atoms with van der Waals surface area (Å²) in [6.07, 6.45) is 5.81. The van der Waals surface area contributed by atoms with Gasteiger partial charge >= 0.3 is 0 Å². The van der Waals surface area contributed by atoms with Crippen LogP contribution < -0.4 is 5.32 Å². The molecule has 0 bridgehead atoms. The van der Waals surface area contributed by atoms with E-state index in [9.17, 15) is 4.79 Å². The number of H-pyrrole nitrogens is 1. The number of carbonyl (C=O) groups is 1. The fourth-order valence-electron chi connectivity index (χ4n) is 3.66. The molecule has 2 heterocycles. The van der Waals surface area contributed by atoms with Gasteiger partial charge in [0.15, 0.2) is 5.82 Å². The van der Waals surface area contributed by atoms with Crippen LogP contribution in [0.1, 0.15) is 54.2 Å². The van der Waals surface area contributed by atoms with Crippen LogP contribution in [-0.4, -0.2) is 52.7 Å². The highest BCUT2D eigenvalue weighted by molar-refractivity contribution is 5.94. The molecular weight excluding hydrogens is 326 g/mol. The Labute approximate surface area is 154 Å². The van der Waals surface area contributed by atoms with Gasteiger partial charge in [0.1, 0.15) is 5.82 Å². The number of likely N-dealkylation sites (tertiary alicyclic amines) is 1. The average Bonchev–Trinajstić information content (AvgIpc) is 3.43. The van der Waals surface area contributed by atoms with Crippen molar-refractivity contribution in [3.05, 3.63) is 35.7 Å². The first-order valence-corrected chi connectivity index (χ1v) is 9.71. The van der Waals surface area contributed by atoms with Gasteiger partial charge in [-0.15, -0.1) is 0 Å². The SMILES string of the molecule is CNCCC1CCN(C(=O)c2ccc(-c3n[nH]c(C4CC4)n3)cc2)CC1. The van der Waals surface area contributed by atoms with Crippen LogP contribution in [0.3, 0.4) is 0 Å². The molecule has 2 aromatic rings. The summed E-state index contributed by atoms with van der Waals surface area (Å²) in [5.41, 5.74) is 1.70. The molecule has 2 fully saturated rings. The zero-order valence-corrected chi connectivity index (χ0v) is 15.4. The summed E-state index contributed by atoms with van der Waals surface area (Å²) in [6, 6.07) is 7.70. The van der Waals surface area contributed by atoms with Crippen molar-refractivity contribution in [2.45, 2.75) is 38.0 Å². The number of aromatic amines is 1. The molecule has 0 spiro atoms. The van der Waals surface area contributed by atoms with Crippen LogP contribution in [0, 0.1) is 5.92 Å². The summed E-state index contributed by atoms with van der Waals surface area (Å²) >= 11 is 0. The Kier molecular flexibility index (Phi) is 5.02. The molecule has 1 aliphatic heterocycles. The molecule has 1 aliphatic carbocycles. The molecule has 0 unspecified atom stereocenters. The van der Waals surface area contributed by atoms with Gasteiger partial charge in [-0.25, -0.2) is 4.98 Å². The van der Waals surface area contributed by atoms with E-state index >= 15 is 0 Å². The average molecular weight is 353 g/mol. The van der Waals surface area contributed by atoms with Crippen molar-refractivity contribution in [2.75, 3.05) is 26.7 Å². The van der Waals surface area contributed by atoms with E-state index in [1.54, 1.807) is 0 Å². The van der Waals surface area contributed by atoms with Crippen molar-refractivity contribution in [3.8, 4) is 11.4 Å². The minimum absolute atomic E-state index is 0.136. The van der Waals surface area contributed by atoms with Crippen molar-refractivity contribution >= 4 is 5.91 Å². The number of aromatic nitrogens is 3. The number of piperidine rings is 1. The molecule has 0 radical (unpaired) electrons. The number of nitrogens with zero attached hydrogens (tertiary/aromatic N) is 3. The number of nitrogens with one attached hydrogen (secondary N) is 2. The van der Waals surface area contributed by atoms with Gasteiger partial charge in [-0.2, -0.15) is 5.10 Å². The van der Waals surface area contributed by atoms with E-state index in [1.807, 2.05) is 36.2 Å². The second-order valence-electron chi connectivity index (χ2n) is 7.52. The fraction of sp³-hybridized carbons (Fsp3) is 0.550. The molecular formula is C20H27N5O. The van der Waals surface area contributed by atoms with Gasteiger partial charge in [0, 0.05) is 30.1 Å². The van der Waals surface area contributed by atoms with Crippen LogP contribution in [0.2, 0.25) is 0 Å². The maximum atomic E-state index is 12.7. The summed E-state index contributed by atoms with van der Waals surface area (Å²) < 4.78 is 0. The zero-order chi connectivity index (χ0) is 17.9. The Balaban J connectivity index is 1.36. The Morgan fingerprint density at radius 2 is 1.92 bits per heavy atom. The summed E-state index contributed by atoms with van der Waals surface area (Å²) in [7, 11) is 1.99. The molecule has 2 aliphatic rings. The van der Waals surface area contributed by atoms with Gasteiger partial charge in [0.25, 0.3) is 5.91 Å². The predicted octanol–water partition coefficient (Wildman–Crippen LogP) is 2.81. The van der Waals surface area contributed by atoms with Crippen LogP contribution in [0.15, 0.2) is 24.3 Å². The van der Waals surface area contributed by atoms with Gasteiger partial charge in [-0.1, -0.05) is 12.1 Å². The van der Waals surface area contributed by atoms with Crippen molar-refractivity contribution < 1.29 is 4.79 Å². The third kappa shape index (κ3) is 3.80. The first-order chi connectivity index (χ1) is 12.7. The topological polar surface area (TPSA) is 73.9 Å². The van der Waals surface area contributed by atoms with E-state index in [1.165, 1.54) is 19.3 Å². The standard InChI is InChI=1S/C20H27N5O/c1-21-11-8-14-9-12-25(13-10-14)20(26)17-6-4-16(5-7-17)19-22-18(23-24-19)15-2-3-15/h4-7,14-15,21H,2-3,8-13H2,1H3,(H,22,23,24). The Morgan fingerprint density at radius 3 is 2.58 bits per heavy atom. The van der Waals surface area contributed by atoms with Crippen LogP contribution in [0.4, 0.5) is 0 Å². The van der Waals surface area contributed by atoms with Crippen molar-refractivity contribution in [1.29, 1.82) is 0 Å². The second-order valence-corrected chi connectivity index (χ2v) is 7.52. The molecule has 2 N–H and O–H groups in total. The number of hydrogen-bond acceptors (Lipinski definition) is 4. The minimum Gasteiger partial charge on any atom is -0.339 e. The highest BCUT2D eigenvalue weighted by atomic mass is 16.2. The normalized spacial score (nSPS) is 18.3. The van der Waals surface area contributed by atoms with Crippen molar-refractivity contribution in [2.24, 2.45) is 5.92 Å². The van der Waals surface area contributed by atoms with Gasteiger partial charge in [-0.05, 0) is 63.7 Å². The quantitative estimate of drug-likeness (QED) is 0.837. The van der Waals surface area contributed by atoms with E-state index in [4.69, 9.17) is 0 Å². The predicted molar refractivity (Wildman–Crippen MR) is 101 cm³/mol. The lowest BCUT2D eigenvalue weighted by molar-refractivity contribution is 0.0687. The molecule has 1 saturated carbocycles. The summed E-state index contributed by atoms with van der Waals surface area (Å²) in [5, 5.41) is 10.6. The van der Waals surface area contributed by atoms with Crippen LogP contribution in [-0.2, 0) is 0 Å². The van der Waals surface area contributed by atoms with Crippen LogP contribution >= 0.6 is 0 Å². The van der Waals surface area contributed by atoms with Crippen molar-refractivity contribution in [1.82, 2.24) is 25.4 Å². The maximum absolute atomic E-state index is 12.7. The Bertz CT molecular complexity index is 742. The number of rotatable bonds is 6. The zero-order valence-electron chi connectivity index (χ0n) is 15.4. The Hall–Kier alpha value is -2.21. The smallest absolute Gasteiger partial charge is 0.253 e. The highest BCUT2D eigenvalue weighted by Crippen LogP contribution is 2.38. The van der Waals surface area contributed by atoms with Crippen molar-refractivity contribution in [3.63, 3.8) is 0 Å². The van der Waals surface area contributed by atoms with E-state index in [0.29, 0.717) is 5.92 Å². The lowest BCUT2D eigenvalue weighted by Crippen LogP contribution is -2.38. The summed E-state index contributed by atoms with van der Waals surface area (Å²) in [6.45, 7) is 2.78. The highest BCUT2D eigenvalue weighted by Gasteiger charge is 2.27. The van der Waals surface area contributed by atoms with Crippen LogP contribution in [0.25, 0.3) is 11.4 Å². The van der Waals surface area contributed by atoms with Gasteiger partial charge in [0.05, 0.1) is 0 Å². The molecule has 1 aromatic carbocycles. The summed E-state index contributed by atoms with van der Waals surface area (Å²) in [5.74, 6) is 3.14. The molecule has 1 saturated heterocycles. The van der Waals surface area contributed by atoms with Gasteiger partial charge in [0.2, 0.25) is 0 Å². The Morgan fingerprint density at radius 1 is 1.19 bits per heavy atom. The summed E-state index contributed by atoms with van der Waals surface area (Å²) in [4.78, 5) is 19.3. The molecule has 6 heteroatoms. The van der Waals surface area contributed by atoms with Gasteiger partial charge in [-0.3, -0.25) is 9.89 Å². The minimum atomic E-state index is 0.136. The van der Waals surface area contributed by atoms with Gasteiger partial charge < -0.3 is 10.2 Å². The monoisotopic (exact) mass is 353 g/mol. The molecule has 0 atom stereocenters. The molecule has 4 rings (SSSR count). The number of benzene rings is 1. The number of amides is 1. The first-order valence-electron chi connectivity index (χ1n) is 9.71. The van der Waals surface area contributed by atoms with E-state index < -0.39 is 0 Å². The third-order valence-corrected chi connectivity index (χ3v) is 5.56. The maximum Gasteiger partial charge on any atom is 0.253 e. The third-order valence-electron chi connectivity index (χ3n) is 5.56. The molecule has 6 nitrogen and oxygen atoms in total. The lowest BCUT2D eigenvalue weighted by Gasteiger charge is -2.32. The first kappa shape index (κ1) is 17.2. The number of carbonyl (C=O) groups excluding carboxylic acids is 1. The molecule has 138 valence electrons. The molecule has 1 aromatic heterocycles. The molecule has 1 amide bonds. The van der Waals surface area contributed by atoms with E-state index in [-0.39, 0.29) is 5.91 Å². The van der Waals surface area contributed by atoms with Crippen LogP contribution in [0.5, 0.6) is 0 Å². The van der Waals surface area contributed by atoms with E-state index in [0.717, 1.165) is 61.2 Å². The van der Waals surface area contributed by atoms with E-state index in [2.05, 4.69) is 20.5 Å². The largest absolute Gasteiger partial charge is 0.339 e. The molecule has 26 heavy (non-hydrogen) atoms. The number of hydrogen-bond donors (Lipinski definition) is 2. The lowest BCUT2D eigenvalue weighted by atomic mass is 9.93. The fourth-order valence-corrected chi connectivity index (χ4v) is 3.66. The second kappa shape index (κ2) is 7.58.